The van der Waals surface area contributed by atoms with E-state index in [2.05, 4.69) is 0 Å². The van der Waals surface area contributed by atoms with Gasteiger partial charge in [0.05, 0.1) is 0 Å². The molecule has 0 aliphatic rings. The summed E-state index contributed by atoms with van der Waals surface area (Å²) < 4.78 is 0. The molecule has 0 heterocycles. The summed E-state index contributed by atoms with van der Waals surface area (Å²) in [6.45, 7) is 0. The Labute approximate surface area is 49.6 Å². The predicted molar refractivity (Wildman–Crippen MR) is 6.73 cm³/mol. The molecule has 0 aliphatic heterocycles. The topological polar surface area (TPSA) is 0 Å². The van der Waals surface area contributed by atoms with E-state index in [1.165, 1.54) is 0 Å². The molecule has 0 N–H and O–H groups in total. The zero-order valence-corrected chi connectivity index (χ0v) is 3.73. The van der Waals surface area contributed by atoms with E-state index in [9.17, 15) is 0 Å². The Hall–Kier alpha value is 1.10. The molecule has 0 rings (SSSR count). The van der Waals surface area contributed by atoms with Gasteiger partial charge in [-0.05, 0) is 0 Å². The summed E-state index contributed by atoms with van der Waals surface area (Å²) in [5.41, 5.74) is 0. The molecular formula is CH4Cl2Fe. The van der Waals surface area contributed by atoms with Crippen LogP contribution >= 0.6 is 0 Å². The van der Waals surface area contributed by atoms with Crippen LogP contribution in [0.5, 0.6) is 0 Å². The molecule has 0 saturated carbocycles. The first kappa shape index (κ1) is 70.9. The van der Waals surface area contributed by atoms with Crippen molar-refractivity contribution >= 4 is 0 Å². The zero-order valence-electron chi connectivity index (χ0n) is 1.11. The van der Waals surface area contributed by atoms with Gasteiger partial charge in [0.25, 0.3) is 0 Å². The van der Waals surface area contributed by atoms with E-state index in [0.29, 0.717) is 0 Å². The summed E-state index contributed by atoms with van der Waals surface area (Å²) in [5.74, 6) is 0. The average Bonchev–Trinajstić information content (AvgIpc) is 0. The van der Waals surface area contributed by atoms with E-state index in [0.717, 1.165) is 0 Å². The van der Waals surface area contributed by atoms with Crippen molar-refractivity contribution in [2.24, 2.45) is 0 Å². The minimum atomic E-state index is 0. The van der Waals surface area contributed by atoms with Gasteiger partial charge >= 0.3 is 17.1 Å². The van der Waals surface area contributed by atoms with Crippen LogP contribution in [0.3, 0.4) is 0 Å². The summed E-state index contributed by atoms with van der Waals surface area (Å²) in [4.78, 5) is 0. The minimum absolute atomic E-state index is 0. The number of hydrogen-bond donors (Lipinski definition) is 0. The molecular weight excluding hydrogens is 139 g/mol. The molecule has 0 atom stereocenters. The summed E-state index contributed by atoms with van der Waals surface area (Å²) in [6.07, 6.45) is 0. The van der Waals surface area contributed by atoms with Crippen molar-refractivity contribution in [2.75, 3.05) is 0 Å². The summed E-state index contributed by atoms with van der Waals surface area (Å²) in [7, 11) is 0. The maximum Gasteiger partial charge on any atom is 2.00 e. The van der Waals surface area contributed by atoms with Crippen molar-refractivity contribution in [1.82, 2.24) is 0 Å². The second-order valence-electron chi connectivity index (χ2n) is 0. The van der Waals surface area contributed by atoms with E-state index < -0.39 is 0 Å². The fraction of sp³-hybridized carbons (Fsp3) is 1.00. The van der Waals surface area contributed by atoms with Crippen LogP contribution in [0.4, 0.5) is 0 Å². The Morgan fingerprint density at radius 3 is 0.750 bits per heavy atom. The van der Waals surface area contributed by atoms with Crippen LogP contribution in [0.25, 0.3) is 0 Å². The summed E-state index contributed by atoms with van der Waals surface area (Å²) >= 11 is 0. The SMILES string of the molecule is C.[Cl-].[Cl-].[Fe+2]. The van der Waals surface area contributed by atoms with E-state index in [-0.39, 0.29) is 49.3 Å². The van der Waals surface area contributed by atoms with Crippen LogP contribution in [0.1, 0.15) is 7.43 Å². The number of hydrogen-bond acceptors (Lipinski definition) is 0. The average molecular weight is 143 g/mol. The molecule has 0 aromatic carbocycles. The van der Waals surface area contributed by atoms with E-state index >= 15 is 0 Å². The van der Waals surface area contributed by atoms with Crippen molar-refractivity contribution in [2.45, 2.75) is 7.43 Å². The standard InChI is InChI=1S/CH4.2ClH.Fe/h1H4;2*1H;/q;;;+2/p-2. The smallest absolute Gasteiger partial charge is 1.00 e. The summed E-state index contributed by atoms with van der Waals surface area (Å²) in [6, 6.07) is 0. The third-order valence-electron chi connectivity index (χ3n) is 0. The van der Waals surface area contributed by atoms with Crippen molar-refractivity contribution in [1.29, 1.82) is 0 Å². The van der Waals surface area contributed by atoms with Gasteiger partial charge in [-0.2, -0.15) is 0 Å². The van der Waals surface area contributed by atoms with Crippen LogP contribution in [-0.2, 0) is 17.1 Å². The van der Waals surface area contributed by atoms with E-state index in [4.69, 9.17) is 0 Å². The van der Waals surface area contributed by atoms with Gasteiger partial charge in [-0.3, -0.25) is 0 Å². The van der Waals surface area contributed by atoms with Crippen LogP contribution < -0.4 is 24.8 Å². The Balaban J connectivity index is 0. The second-order valence-corrected chi connectivity index (χ2v) is 0. The molecule has 0 saturated heterocycles. The molecule has 0 radical (unpaired) electrons. The Kier molecular flexibility index (Phi) is 577. The number of halogens is 2. The normalized spacial score (nSPS) is 0. The molecule has 30 valence electrons. The molecule has 0 spiro atoms. The van der Waals surface area contributed by atoms with Crippen molar-refractivity contribution in [3.63, 3.8) is 0 Å². The third-order valence-corrected chi connectivity index (χ3v) is 0. The van der Waals surface area contributed by atoms with E-state index in [1.54, 1.807) is 0 Å². The molecule has 0 aromatic rings. The van der Waals surface area contributed by atoms with Crippen molar-refractivity contribution < 1.29 is 41.9 Å². The van der Waals surface area contributed by atoms with Gasteiger partial charge in [0.15, 0.2) is 0 Å². The van der Waals surface area contributed by atoms with Crippen LogP contribution in [-0.4, -0.2) is 0 Å². The first-order valence-electron chi connectivity index (χ1n) is 0. The van der Waals surface area contributed by atoms with Crippen LogP contribution in [0, 0.1) is 0 Å². The molecule has 0 bridgehead atoms. The monoisotopic (exact) mass is 142 g/mol. The largest absolute Gasteiger partial charge is 2.00 e. The van der Waals surface area contributed by atoms with Gasteiger partial charge in [0.1, 0.15) is 0 Å². The molecule has 0 amide bonds. The predicted octanol–water partition coefficient (Wildman–Crippen LogP) is -5.36. The Morgan fingerprint density at radius 1 is 0.750 bits per heavy atom. The molecule has 0 aromatic heterocycles. The zero-order chi connectivity index (χ0) is 0. The fourth-order valence-corrected chi connectivity index (χ4v) is 0. The van der Waals surface area contributed by atoms with Gasteiger partial charge in [-0.25, -0.2) is 0 Å². The second kappa shape index (κ2) is 32.6. The third kappa shape index (κ3) is 11.3. The summed E-state index contributed by atoms with van der Waals surface area (Å²) in [5, 5.41) is 0. The van der Waals surface area contributed by atoms with Gasteiger partial charge in [-0.15, -0.1) is 0 Å². The van der Waals surface area contributed by atoms with Crippen LogP contribution in [0.2, 0.25) is 0 Å². The van der Waals surface area contributed by atoms with Gasteiger partial charge in [0.2, 0.25) is 0 Å². The molecule has 3 heteroatoms. The van der Waals surface area contributed by atoms with Gasteiger partial charge < -0.3 is 24.8 Å². The van der Waals surface area contributed by atoms with Crippen molar-refractivity contribution in [3.05, 3.63) is 0 Å². The minimum Gasteiger partial charge on any atom is -1.00 e. The molecule has 0 unspecified atom stereocenters. The molecule has 4 heavy (non-hydrogen) atoms. The fourth-order valence-electron chi connectivity index (χ4n) is 0. The van der Waals surface area contributed by atoms with Gasteiger partial charge in [-0.1, -0.05) is 7.43 Å². The van der Waals surface area contributed by atoms with E-state index in [1.807, 2.05) is 0 Å². The quantitative estimate of drug-likeness (QED) is 0.297. The molecule has 0 nitrogen and oxygen atoms in total. The molecule has 0 fully saturated rings. The first-order chi connectivity index (χ1) is 0. The molecule has 0 aliphatic carbocycles. The maximum atomic E-state index is 0. The van der Waals surface area contributed by atoms with Crippen molar-refractivity contribution in [3.8, 4) is 0 Å². The Bertz CT molecular complexity index is 6.00. The first-order valence-corrected chi connectivity index (χ1v) is 0. The number of rotatable bonds is 0. The Morgan fingerprint density at radius 2 is 0.750 bits per heavy atom. The maximum absolute atomic E-state index is 0. The van der Waals surface area contributed by atoms with Gasteiger partial charge in [0, 0.05) is 0 Å². The van der Waals surface area contributed by atoms with Crippen LogP contribution in [0.15, 0.2) is 0 Å².